The number of nitrogens with zero attached hydrogens (tertiary/aromatic N) is 2. The number of hydrogen-bond acceptors (Lipinski definition) is 3. The van der Waals surface area contributed by atoms with Crippen LogP contribution in [0.3, 0.4) is 0 Å². The third kappa shape index (κ3) is 3.20. The first-order valence-electron chi connectivity index (χ1n) is 8.04. The lowest BCUT2D eigenvalue weighted by molar-refractivity contribution is 0.101. The molecule has 0 aliphatic rings. The van der Waals surface area contributed by atoms with E-state index in [1.807, 2.05) is 18.2 Å². The second kappa shape index (κ2) is 7.08. The Labute approximate surface area is 140 Å². The van der Waals surface area contributed by atoms with Crippen molar-refractivity contribution < 1.29 is 4.79 Å². The molecule has 2 heterocycles. The van der Waals surface area contributed by atoms with Crippen LogP contribution in [-0.2, 0) is 6.54 Å². The highest BCUT2D eigenvalue weighted by atomic mass is 16.2. The molecule has 0 bridgehead atoms. The molecule has 0 fully saturated rings. The molecule has 0 saturated carbocycles. The number of nitrogens with one attached hydrogen (secondary N) is 1. The van der Waals surface area contributed by atoms with Crippen LogP contribution in [0.4, 0.5) is 5.69 Å². The molecule has 1 amide bonds. The summed E-state index contributed by atoms with van der Waals surface area (Å²) in [5.74, 6) is -0.292. The van der Waals surface area contributed by atoms with Crippen LogP contribution in [0.15, 0.2) is 59.7 Å². The molecule has 0 radical (unpaired) electrons. The van der Waals surface area contributed by atoms with Gasteiger partial charge in [0.15, 0.2) is 0 Å². The van der Waals surface area contributed by atoms with Crippen molar-refractivity contribution in [2.75, 3.05) is 5.32 Å². The van der Waals surface area contributed by atoms with E-state index in [-0.39, 0.29) is 11.5 Å². The van der Waals surface area contributed by atoms with Gasteiger partial charge < -0.3 is 9.88 Å². The van der Waals surface area contributed by atoms with Gasteiger partial charge in [-0.2, -0.15) is 0 Å². The van der Waals surface area contributed by atoms with E-state index in [4.69, 9.17) is 0 Å². The molecule has 0 unspecified atom stereocenters. The summed E-state index contributed by atoms with van der Waals surface area (Å²) in [5.41, 5.74) is 0.906. The zero-order valence-corrected chi connectivity index (χ0v) is 13.5. The minimum Gasteiger partial charge on any atom is -0.321 e. The van der Waals surface area contributed by atoms with Crippen LogP contribution in [0.25, 0.3) is 10.8 Å². The number of fused-ring (bicyclic) bond motifs is 1. The topological polar surface area (TPSA) is 64.0 Å². The fraction of sp³-hybridized carbons (Fsp3) is 0.211. The summed E-state index contributed by atoms with van der Waals surface area (Å²) in [4.78, 5) is 29.4. The second-order valence-electron chi connectivity index (χ2n) is 5.62. The van der Waals surface area contributed by atoms with Gasteiger partial charge in [-0.15, -0.1) is 0 Å². The number of anilines is 1. The number of carbonyl (C=O) groups excluding carboxylic acids is 1. The Morgan fingerprint density at radius 1 is 1.17 bits per heavy atom. The third-order valence-electron chi connectivity index (χ3n) is 3.93. The molecule has 3 rings (SSSR count). The van der Waals surface area contributed by atoms with E-state index >= 15 is 0 Å². The van der Waals surface area contributed by atoms with Crippen LogP contribution in [0.1, 0.15) is 30.3 Å². The lowest BCUT2D eigenvalue weighted by Gasteiger charge is -2.14. The van der Waals surface area contributed by atoms with Crippen LogP contribution in [0, 0.1) is 0 Å². The van der Waals surface area contributed by atoms with Crippen molar-refractivity contribution >= 4 is 22.4 Å². The predicted octanol–water partition coefficient (Wildman–Crippen LogP) is 3.45. The fourth-order valence-corrected chi connectivity index (χ4v) is 2.65. The second-order valence-corrected chi connectivity index (χ2v) is 5.62. The summed E-state index contributed by atoms with van der Waals surface area (Å²) in [6.07, 6.45) is 5.01. The monoisotopic (exact) mass is 321 g/mol. The van der Waals surface area contributed by atoms with Crippen molar-refractivity contribution in [2.24, 2.45) is 0 Å². The smallest absolute Gasteiger partial charge is 0.272 e. The maximum atomic E-state index is 12.8. The molecule has 5 heteroatoms. The van der Waals surface area contributed by atoms with Crippen molar-refractivity contribution in [1.29, 1.82) is 0 Å². The van der Waals surface area contributed by atoms with Crippen LogP contribution in [0.5, 0.6) is 0 Å². The van der Waals surface area contributed by atoms with Crippen molar-refractivity contribution in [1.82, 2.24) is 9.55 Å². The fourth-order valence-electron chi connectivity index (χ4n) is 2.65. The highest BCUT2D eigenvalue weighted by molar-refractivity contribution is 6.05. The normalized spacial score (nSPS) is 10.7. The molecule has 1 aromatic carbocycles. The van der Waals surface area contributed by atoms with Gasteiger partial charge in [0, 0.05) is 30.0 Å². The van der Waals surface area contributed by atoms with Crippen molar-refractivity contribution in [2.45, 2.75) is 26.3 Å². The molecule has 2 aromatic heterocycles. The number of hydrogen-bond donors (Lipinski definition) is 1. The van der Waals surface area contributed by atoms with E-state index in [0.29, 0.717) is 23.3 Å². The zero-order valence-electron chi connectivity index (χ0n) is 13.5. The van der Waals surface area contributed by atoms with E-state index in [9.17, 15) is 9.59 Å². The number of amides is 1. The molecule has 0 saturated heterocycles. The first-order valence-corrected chi connectivity index (χ1v) is 8.04. The summed E-state index contributed by atoms with van der Waals surface area (Å²) >= 11 is 0. The Kier molecular flexibility index (Phi) is 4.70. The molecule has 0 aliphatic heterocycles. The third-order valence-corrected chi connectivity index (χ3v) is 3.93. The molecule has 5 nitrogen and oxygen atoms in total. The summed E-state index contributed by atoms with van der Waals surface area (Å²) in [7, 11) is 0. The van der Waals surface area contributed by atoms with Gasteiger partial charge in [-0.05, 0) is 36.1 Å². The number of aromatic nitrogens is 2. The van der Waals surface area contributed by atoms with Gasteiger partial charge in [0.2, 0.25) is 0 Å². The van der Waals surface area contributed by atoms with Crippen molar-refractivity contribution in [3.63, 3.8) is 0 Å². The maximum absolute atomic E-state index is 12.8. The quantitative estimate of drug-likeness (QED) is 0.783. The zero-order chi connectivity index (χ0) is 16.9. The van der Waals surface area contributed by atoms with Crippen molar-refractivity contribution in [3.05, 3.63) is 70.9 Å². The number of carbonyl (C=O) groups is 1. The van der Waals surface area contributed by atoms with Crippen LogP contribution < -0.4 is 10.9 Å². The van der Waals surface area contributed by atoms with Crippen LogP contribution in [0.2, 0.25) is 0 Å². The molecule has 122 valence electrons. The maximum Gasteiger partial charge on any atom is 0.272 e. The van der Waals surface area contributed by atoms with Gasteiger partial charge >= 0.3 is 0 Å². The standard InChI is InChI=1S/C19H19N3O2/c1-2-3-12-22-17(18(23)21-15-8-10-20-11-9-15)13-14-6-4-5-7-16(14)19(22)24/h4-11,13H,2-3,12H2,1H3,(H,20,21,23). The van der Waals surface area contributed by atoms with Crippen LogP contribution >= 0.6 is 0 Å². The molecule has 0 atom stereocenters. The Bertz CT molecular complexity index is 917. The Balaban J connectivity index is 2.07. The van der Waals surface area contributed by atoms with Gasteiger partial charge in [0.25, 0.3) is 11.5 Å². The Hall–Kier alpha value is -2.95. The minimum absolute atomic E-state index is 0.124. The molecular weight excluding hydrogens is 302 g/mol. The van der Waals surface area contributed by atoms with Crippen molar-refractivity contribution in [3.8, 4) is 0 Å². The van der Waals surface area contributed by atoms with E-state index < -0.39 is 0 Å². The average molecular weight is 321 g/mol. The summed E-state index contributed by atoms with van der Waals surface area (Å²) in [5, 5.41) is 4.23. The van der Waals surface area contributed by atoms with Crippen LogP contribution in [-0.4, -0.2) is 15.5 Å². The minimum atomic E-state index is -0.292. The first kappa shape index (κ1) is 15.9. The lowest BCUT2D eigenvalue weighted by atomic mass is 10.1. The molecular formula is C19H19N3O2. The average Bonchev–Trinajstić information content (AvgIpc) is 2.61. The van der Waals surface area contributed by atoms with Gasteiger partial charge in [-0.1, -0.05) is 31.5 Å². The molecule has 0 spiro atoms. The van der Waals surface area contributed by atoms with E-state index in [1.54, 1.807) is 41.2 Å². The highest BCUT2D eigenvalue weighted by Crippen LogP contribution is 2.14. The van der Waals surface area contributed by atoms with E-state index in [2.05, 4.69) is 17.2 Å². The van der Waals surface area contributed by atoms with Gasteiger partial charge in [0.1, 0.15) is 5.69 Å². The molecule has 0 aliphatic carbocycles. The van der Waals surface area contributed by atoms with Gasteiger partial charge in [-0.3, -0.25) is 14.6 Å². The molecule has 24 heavy (non-hydrogen) atoms. The molecule has 1 N–H and O–H groups in total. The van der Waals surface area contributed by atoms with E-state index in [0.717, 1.165) is 18.2 Å². The highest BCUT2D eigenvalue weighted by Gasteiger charge is 2.15. The first-order chi connectivity index (χ1) is 11.7. The van der Waals surface area contributed by atoms with Gasteiger partial charge in [-0.25, -0.2) is 0 Å². The lowest BCUT2D eigenvalue weighted by Crippen LogP contribution is -2.29. The largest absolute Gasteiger partial charge is 0.321 e. The number of unbranched alkanes of at least 4 members (excludes halogenated alkanes) is 1. The number of pyridine rings is 2. The number of benzene rings is 1. The summed E-state index contributed by atoms with van der Waals surface area (Å²) in [6, 6.07) is 12.6. The Morgan fingerprint density at radius 3 is 2.67 bits per heavy atom. The molecule has 3 aromatic rings. The number of rotatable bonds is 5. The summed E-state index contributed by atoms with van der Waals surface area (Å²) < 4.78 is 1.57. The Morgan fingerprint density at radius 2 is 1.92 bits per heavy atom. The predicted molar refractivity (Wildman–Crippen MR) is 95.3 cm³/mol. The SMILES string of the molecule is CCCCn1c(C(=O)Nc2ccncc2)cc2ccccc2c1=O. The van der Waals surface area contributed by atoms with E-state index in [1.165, 1.54) is 0 Å². The summed E-state index contributed by atoms with van der Waals surface area (Å²) in [6.45, 7) is 2.59. The van der Waals surface area contributed by atoms with Gasteiger partial charge in [0.05, 0.1) is 0 Å².